The van der Waals surface area contributed by atoms with Gasteiger partial charge in [0, 0.05) is 45.3 Å². The number of aryl methyl sites for hydroxylation is 4. The Morgan fingerprint density at radius 2 is 2.00 bits per heavy atom. The van der Waals surface area contributed by atoms with Crippen molar-refractivity contribution < 1.29 is 0 Å². The first-order valence-electron chi connectivity index (χ1n) is 8.46. The largest absolute Gasteiger partial charge is 0.356 e. The number of nitrogens with one attached hydrogen (secondary N) is 2. The number of aromatic nitrogens is 5. The van der Waals surface area contributed by atoms with Gasteiger partial charge in [0.25, 0.3) is 0 Å². The smallest absolute Gasteiger partial charge is 0.191 e. The minimum atomic E-state index is 0.780. The van der Waals surface area contributed by atoms with Crippen molar-refractivity contribution in [3.8, 4) is 0 Å². The van der Waals surface area contributed by atoms with Gasteiger partial charge in [-0.1, -0.05) is 6.92 Å². The lowest BCUT2D eigenvalue weighted by atomic mass is 10.4. The fourth-order valence-corrected chi connectivity index (χ4v) is 2.59. The fourth-order valence-electron chi connectivity index (χ4n) is 2.59. The second-order valence-electron chi connectivity index (χ2n) is 5.72. The van der Waals surface area contributed by atoms with Gasteiger partial charge < -0.3 is 15.2 Å². The second kappa shape index (κ2) is 9.05. The van der Waals surface area contributed by atoms with Crippen LogP contribution < -0.4 is 10.6 Å². The summed E-state index contributed by atoms with van der Waals surface area (Å²) in [5, 5.41) is 19.1. The summed E-state index contributed by atoms with van der Waals surface area (Å²) in [7, 11) is 1.78. The minimum Gasteiger partial charge on any atom is -0.356 e. The third-order valence-electron chi connectivity index (χ3n) is 3.82. The Morgan fingerprint density at radius 3 is 2.67 bits per heavy atom. The van der Waals surface area contributed by atoms with Gasteiger partial charge in [-0.05, 0) is 26.3 Å². The summed E-state index contributed by atoms with van der Waals surface area (Å²) in [6.45, 7) is 9.55. The lowest BCUT2D eigenvalue weighted by Crippen LogP contribution is -2.39. The van der Waals surface area contributed by atoms with E-state index in [1.807, 2.05) is 11.6 Å². The monoisotopic (exact) mass is 332 g/mol. The van der Waals surface area contributed by atoms with E-state index in [0.29, 0.717) is 0 Å². The van der Waals surface area contributed by atoms with E-state index in [1.54, 1.807) is 13.4 Å². The maximum Gasteiger partial charge on any atom is 0.191 e. The molecule has 0 saturated carbocycles. The van der Waals surface area contributed by atoms with Crippen molar-refractivity contribution in [3.63, 3.8) is 0 Å². The van der Waals surface area contributed by atoms with Crippen molar-refractivity contribution in [2.24, 2.45) is 4.99 Å². The Balaban J connectivity index is 1.66. The van der Waals surface area contributed by atoms with Crippen LogP contribution >= 0.6 is 0 Å². The molecule has 0 atom stereocenters. The lowest BCUT2D eigenvalue weighted by molar-refractivity contribution is 0.554. The zero-order chi connectivity index (χ0) is 17.4. The third-order valence-corrected chi connectivity index (χ3v) is 3.82. The predicted molar refractivity (Wildman–Crippen MR) is 95.1 cm³/mol. The van der Waals surface area contributed by atoms with Gasteiger partial charge in [0.05, 0.1) is 5.69 Å². The molecule has 0 aliphatic carbocycles. The van der Waals surface area contributed by atoms with Gasteiger partial charge in [-0.2, -0.15) is 5.10 Å². The molecule has 0 bridgehead atoms. The highest BCUT2D eigenvalue weighted by molar-refractivity contribution is 5.79. The van der Waals surface area contributed by atoms with Crippen molar-refractivity contribution in [2.45, 2.75) is 46.7 Å². The lowest BCUT2D eigenvalue weighted by Gasteiger charge is -2.13. The quantitative estimate of drug-likeness (QED) is 0.426. The molecule has 8 heteroatoms. The van der Waals surface area contributed by atoms with Crippen molar-refractivity contribution >= 4 is 5.96 Å². The summed E-state index contributed by atoms with van der Waals surface area (Å²) in [6, 6.07) is 2.10. The molecule has 0 amide bonds. The van der Waals surface area contributed by atoms with Crippen LogP contribution in [0, 0.1) is 13.8 Å². The van der Waals surface area contributed by atoms with Crippen LogP contribution in [-0.4, -0.2) is 50.6 Å². The summed E-state index contributed by atoms with van der Waals surface area (Å²) in [5.41, 5.74) is 2.27. The van der Waals surface area contributed by atoms with Gasteiger partial charge in [0.2, 0.25) is 0 Å². The molecule has 24 heavy (non-hydrogen) atoms. The maximum absolute atomic E-state index is 4.47. The van der Waals surface area contributed by atoms with Gasteiger partial charge in [0.15, 0.2) is 5.96 Å². The van der Waals surface area contributed by atoms with Gasteiger partial charge in [-0.25, -0.2) is 0 Å². The summed E-state index contributed by atoms with van der Waals surface area (Å²) in [4.78, 5) is 4.25. The Morgan fingerprint density at radius 1 is 1.21 bits per heavy atom. The number of hydrogen-bond acceptors (Lipinski definition) is 4. The predicted octanol–water partition coefficient (Wildman–Crippen LogP) is 0.909. The highest BCUT2D eigenvalue weighted by atomic mass is 15.3. The Hall–Kier alpha value is -2.38. The van der Waals surface area contributed by atoms with E-state index in [9.17, 15) is 0 Å². The molecule has 2 N–H and O–H groups in total. The molecular weight excluding hydrogens is 304 g/mol. The second-order valence-corrected chi connectivity index (χ2v) is 5.72. The van der Waals surface area contributed by atoms with E-state index in [4.69, 9.17) is 0 Å². The summed E-state index contributed by atoms with van der Waals surface area (Å²) in [5.74, 6) is 1.82. The number of nitrogens with zero attached hydrogens (tertiary/aromatic N) is 6. The van der Waals surface area contributed by atoms with Crippen LogP contribution in [0.5, 0.6) is 0 Å². The molecule has 0 radical (unpaired) electrons. The molecule has 0 aromatic carbocycles. The van der Waals surface area contributed by atoms with E-state index in [0.717, 1.165) is 56.5 Å². The first-order valence-corrected chi connectivity index (χ1v) is 8.46. The van der Waals surface area contributed by atoms with E-state index in [-0.39, 0.29) is 0 Å². The van der Waals surface area contributed by atoms with Gasteiger partial charge >= 0.3 is 0 Å². The zero-order valence-corrected chi connectivity index (χ0v) is 15.1. The molecule has 2 heterocycles. The molecule has 132 valence electrons. The molecule has 8 nitrogen and oxygen atoms in total. The van der Waals surface area contributed by atoms with Crippen molar-refractivity contribution in [3.05, 3.63) is 29.6 Å². The van der Waals surface area contributed by atoms with Crippen molar-refractivity contribution in [1.29, 1.82) is 0 Å². The highest BCUT2D eigenvalue weighted by Gasteiger charge is 2.03. The fraction of sp³-hybridized carbons (Fsp3) is 0.625. The topological polar surface area (TPSA) is 85.0 Å². The third kappa shape index (κ3) is 5.07. The van der Waals surface area contributed by atoms with Crippen LogP contribution in [0.25, 0.3) is 0 Å². The van der Waals surface area contributed by atoms with Crippen molar-refractivity contribution in [2.75, 3.05) is 20.1 Å². The number of hydrogen-bond donors (Lipinski definition) is 2. The Labute approximate surface area is 143 Å². The molecular formula is C16H28N8. The SMILES string of the molecule is CCc1nncn1CCNC(=NC)NCCCn1nc(C)cc1C. The molecule has 0 aliphatic heterocycles. The molecule has 2 aromatic rings. The van der Waals surface area contributed by atoms with E-state index >= 15 is 0 Å². The molecule has 0 spiro atoms. The molecule has 2 aromatic heterocycles. The van der Waals surface area contributed by atoms with Crippen molar-refractivity contribution in [1.82, 2.24) is 35.2 Å². The zero-order valence-electron chi connectivity index (χ0n) is 15.1. The maximum atomic E-state index is 4.47. The average Bonchev–Trinajstić information content (AvgIpc) is 3.15. The molecule has 0 fully saturated rings. The summed E-state index contributed by atoms with van der Waals surface area (Å²) < 4.78 is 4.11. The minimum absolute atomic E-state index is 0.780. The number of rotatable bonds is 8. The van der Waals surface area contributed by atoms with E-state index in [2.05, 4.69) is 55.4 Å². The van der Waals surface area contributed by atoms with Gasteiger partial charge in [0.1, 0.15) is 12.2 Å². The molecule has 2 rings (SSSR count). The first kappa shape index (κ1) is 18.0. The van der Waals surface area contributed by atoms with Crippen LogP contribution in [0.4, 0.5) is 0 Å². The number of aliphatic imine (C=N–C) groups is 1. The normalized spacial score (nSPS) is 11.8. The average molecular weight is 332 g/mol. The standard InChI is InChI=1S/C16H28N8/c1-5-15-21-20-12-23(15)10-8-19-16(17-4)18-7-6-9-24-14(3)11-13(2)22-24/h11-12H,5-10H2,1-4H3,(H2,17,18,19). The molecule has 0 aliphatic rings. The van der Waals surface area contributed by atoms with Crippen LogP contribution in [0.3, 0.4) is 0 Å². The van der Waals surface area contributed by atoms with Gasteiger partial charge in [-0.3, -0.25) is 9.67 Å². The van der Waals surface area contributed by atoms with Crippen LogP contribution in [0.1, 0.15) is 30.6 Å². The molecule has 0 saturated heterocycles. The Bertz CT molecular complexity index is 655. The van der Waals surface area contributed by atoms with Crippen LogP contribution in [0.2, 0.25) is 0 Å². The van der Waals surface area contributed by atoms with E-state index < -0.39 is 0 Å². The van der Waals surface area contributed by atoms with Crippen LogP contribution in [0.15, 0.2) is 17.4 Å². The highest BCUT2D eigenvalue weighted by Crippen LogP contribution is 2.02. The summed E-state index contributed by atoms with van der Waals surface area (Å²) >= 11 is 0. The Kier molecular flexibility index (Phi) is 6.77. The summed E-state index contributed by atoms with van der Waals surface area (Å²) in [6.07, 6.45) is 3.65. The van der Waals surface area contributed by atoms with E-state index in [1.165, 1.54) is 5.69 Å². The molecule has 0 unspecified atom stereocenters. The number of guanidine groups is 1. The first-order chi connectivity index (χ1) is 11.6. The van der Waals surface area contributed by atoms with Gasteiger partial charge in [-0.15, -0.1) is 10.2 Å². The van der Waals surface area contributed by atoms with Crippen LogP contribution in [-0.2, 0) is 19.5 Å².